The smallest absolute Gasteiger partial charge is 0.252 e. The van der Waals surface area contributed by atoms with Gasteiger partial charge in [-0.1, -0.05) is 32.0 Å². The molecule has 2 aromatic rings. The number of nitrogens with zero attached hydrogens (tertiary/aromatic N) is 1. The monoisotopic (exact) mass is 420 g/mol. The summed E-state index contributed by atoms with van der Waals surface area (Å²) >= 11 is 1.66. The molecule has 0 saturated carbocycles. The van der Waals surface area contributed by atoms with Crippen LogP contribution < -0.4 is 5.32 Å². The molecule has 1 N–H and O–H groups in total. The molecule has 0 fully saturated rings. The van der Waals surface area contributed by atoms with Crippen LogP contribution in [0.2, 0.25) is 0 Å². The molecule has 2 aromatic carbocycles. The Morgan fingerprint density at radius 3 is 2.25 bits per heavy atom. The molecule has 5 nitrogen and oxygen atoms in total. The number of thioether (sulfide) groups is 1. The average Bonchev–Trinajstić information content (AvgIpc) is 2.68. The van der Waals surface area contributed by atoms with Gasteiger partial charge in [0.1, 0.15) is 0 Å². The number of hydrogen-bond acceptors (Lipinski definition) is 4. The van der Waals surface area contributed by atoms with Crippen molar-refractivity contribution in [3.8, 4) is 0 Å². The number of carbonyl (C=O) groups excluding carboxylic acids is 1. The Morgan fingerprint density at radius 2 is 1.71 bits per heavy atom. The van der Waals surface area contributed by atoms with Gasteiger partial charge in [0.2, 0.25) is 10.0 Å². The summed E-state index contributed by atoms with van der Waals surface area (Å²) in [5.74, 6) is -0.282. The van der Waals surface area contributed by atoms with Crippen molar-refractivity contribution in [2.45, 2.75) is 43.5 Å². The zero-order valence-corrected chi connectivity index (χ0v) is 18.7. The maximum atomic E-state index is 12.8. The minimum absolute atomic E-state index is 0.143. The third-order valence-electron chi connectivity index (χ3n) is 4.76. The van der Waals surface area contributed by atoms with Crippen LogP contribution in [-0.2, 0) is 10.0 Å². The standard InChI is InChI=1S/C21H28N2O3S2/c1-6-23(7-2)28(25,26)19-13-8-15(3)20(14-19)21(24)22-16(4)17-9-11-18(27-5)12-10-17/h8-14,16H,6-7H2,1-5H3,(H,22,24). The van der Waals surface area contributed by atoms with E-state index in [9.17, 15) is 13.2 Å². The zero-order valence-electron chi connectivity index (χ0n) is 17.0. The van der Waals surface area contributed by atoms with Gasteiger partial charge in [0.05, 0.1) is 10.9 Å². The van der Waals surface area contributed by atoms with Gasteiger partial charge in [-0.2, -0.15) is 4.31 Å². The lowest BCUT2D eigenvalue weighted by Crippen LogP contribution is -2.31. The first-order valence-electron chi connectivity index (χ1n) is 9.30. The molecule has 2 rings (SSSR count). The summed E-state index contributed by atoms with van der Waals surface area (Å²) in [4.78, 5) is 14.1. The quantitative estimate of drug-likeness (QED) is 0.649. The summed E-state index contributed by atoms with van der Waals surface area (Å²) in [7, 11) is -3.61. The van der Waals surface area contributed by atoms with E-state index < -0.39 is 10.0 Å². The Morgan fingerprint density at radius 1 is 1.11 bits per heavy atom. The molecular weight excluding hydrogens is 392 g/mol. The van der Waals surface area contributed by atoms with Gasteiger partial charge in [0.15, 0.2) is 0 Å². The summed E-state index contributed by atoms with van der Waals surface area (Å²) in [6, 6.07) is 12.5. The number of sulfonamides is 1. The van der Waals surface area contributed by atoms with Gasteiger partial charge in [-0.15, -0.1) is 11.8 Å². The van der Waals surface area contributed by atoms with Crippen molar-refractivity contribution >= 4 is 27.7 Å². The zero-order chi connectivity index (χ0) is 20.9. The minimum atomic E-state index is -3.61. The van der Waals surface area contributed by atoms with E-state index >= 15 is 0 Å². The Balaban J connectivity index is 2.27. The van der Waals surface area contributed by atoms with Crippen molar-refractivity contribution in [2.24, 2.45) is 0 Å². The van der Waals surface area contributed by atoms with Crippen molar-refractivity contribution in [2.75, 3.05) is 19.3 Å². The fourth-order valence-corrected chi connectivity index (χ4v) is 4.86. The van der Waals surface area contributed by atoms with E-state index in [1.165, 1.54) is 10.4 Å². The maximum Gasteiger partial charge on any atom is 0.252 e. The number of benzene rings is 2. The summed E-state index contributed by atoms with van der Waals surface area (Å²) in [6.07, 6.45) is 2.02. The molecule has 1 unspecified atom stereocenters. The van der Waals surface area contributed by atoms with E-state index in [1.807, 2.05) is 37.4 Å². The molecule has 0 saturated heterocycles. The molecular formula is C21H28N2O3S2. The average molecular weight is 421 g/mol. The van der Waals surface area contributed by atoms with Crippen LogP contribution >= 0.6 is 11.8 Å². The van der Waals surface area contributed by atoms with Crippen LogP contribution in [0.3, 0.4) is 0 Å². The highest BCUT2D eigenvalue weighted by atomic mass is 32.2. The van der Waals surface area contributed by atoms with Gasteiger partial charge in [-0.3, -0.25) is 4.79 Å². The van der Waals surface area contributed by atoms with Crippen LogP contribution in [0.25, 0.3) is 0 Å². The topological polar surface area (TPSA) is 66.5 Å². The number of aryl methyl sites for hydroxylation is 1. The summed E-state index contributed by atoms with van der Waals surface area (Å²) < 4.78 is 26.9. The van der Waals surface area contributed by atoms with E-state index in [-0.39, 0.29) is 16.8 Å². The third-order valence-corrected chi connectivity index (χ3v) is 7.55. The SMILES string of the molecule is CCN(CC)S(=O)(=O)c1ccc(C)c(C(=O)NC(C)c2ccc(SC)cc2)c1. The first-order valence-corrected chi connectivity index (χ1v) is 12.0. The van der Waals surface area contributed by atoms with Crippen LogP contribution in [0.1, 0.15) is 48.3 Å². The Kier molecular flexibility index (Phi) is 7.69. The number of hydrogen-bond donors (Lipinski definition) is 1. The number of amides is 1. The Labute approximate surface area is 172 Å². The van der Waals surface area contributed by atoms with Gasteiger partial charge in [-0.05, 0) is 55.5 Å². The van der Waals surface area contributed by atoms with E-state index in [2.05, 4.69) is 5.32 Å². The van der Waals surface area contributed by atoms with Gasteiger partial charge >= 0.3 is 0 Å². The molecule has 0 aliphatic heterocycles. The van der Waals surface area contributed by atoms with Crippen molar-refractivity contribution in [1.29, 1.82) is 0 Å². The predicted octanol–water partition coefficient (Wildman–Crippen LogP) is 4.24. The maximum absolute atomic E-state index is 12.8. The van der Waals surface area contributed by atoms with Crippen LogP contribution in [-0.4, -0.2) is 38.0 Å². The highest BCUT2D eigenvalue weighted by molar-refractivity contribution is 7.98. The van der Waals surface area contributed by atoms with Crippen molar-refractivity contribution < 1.29 is 13.2 Å². The molecule has 0 aliphatic carbocycles. The molecule has 28 heavy (non-hydrogen) atoms. The van der Waals surface area contributed by atoms with Crippen LogP contribution in [0.15, 0.2) is 52.3 Å². The van der Waals surface area contributed by atoms with Crippen LogP contribution in [0, 0.1) is 6.92 Å². The second-order valence-electron chi connectivity index (χ2n) is 6.53. The van der Waals surface area contributed by atoms with E-state index in [0.29, 0.717) is 18.7 Å². The summed E-state index contributed by atoms with van der Waals surface area (Å²) in [5.41, 5.74) is 2.11. The largest absolute Gasteiger partial charge is 0.346 e. The number of rotatable bonds is 8. The lowest BCUT2D eigenvalue weighted by Gasteiger charge is -2.20. The van der Waals surface area contributed by atoms with Crippen molar-refractivity contribution in [3.05, 3.63) is 59.2 Å². The highest BCUT2D eigenvalue weighted by Gasteiger charge is 2.24. The molecule has 0 radical (unpaired) electrons. The summed E-state index contributed by atoms with van der Waals surface area (Å²) in [6.45, 7) is 8.09. The van der Waals surface area contributed by atoms with E-state index in [4.69, 9.17) is 0 Å². The Hall–Kier alpha value is -1.83. The lowest BCUT2D eigenvalue weighted by molar-refractivity contribution is 0.0939. The molecule has 0 bridgehead atoms. The highest BCUT2D eigenvalue weighted by Crippen LogP contribution is 2.22. The van der Waals surface area contributed by atoms with Gasteiger partial charge in [0.25, 0.3) is 5.91 Å². The van der Waals surface area contributed by atoms with Gasteiger partial charge in [-0.25, -0.2) is 8.42 Å². The lowest BCUT2D eigenvalue weighted by atomic mass is 10.1. The molecule has 152 valence electrons. The molecule has 0 heterocycles. The van der Waals surface area contributed by atoms with E-state index in [0.717, 1.165) is 16.0 Å². The van der Waals surface area contributed by atoms with Gasteiger partial charge < -0.3 is 5.32 Å². The molecule has 0 aromatic heterocycles. The normalized spacial score (nSPS) is 12.8. The molecule has 0 aliphatic rings. The molecule has 0 spiro atoms. The first-order chi connectivity index (χ1) is 13.2. The van der Waals surface area contributed by atoms with Gasteiger partial charge in [0, 0.05) is 23.5 Å². The number of carbonyl (C=O) groups is 1. The fraction of sp³-hybridized carbons (Fsp3) is 0.381. The van der Waals surface area contributed by atoms with Crippen LogP contribution in [0.4, 0.5) is 0 Å². The molecule has 1 amide bonds. The second-order valence-corrected chi connectivity index (χ2v) is 9.35. The van der Waals surface area contributed by atoms with Crippen LogP contribution in [0.5, 0.6) is 0 Å². The summed E-state index contributed by atoms with van der Waals surface area (Å²) in [5, 5.41) is 2.97. The minimum Gasteiger partial charge on any atom is -0.346 e. The number of nitrogens with one attached hydrogen (secondary N) is 1. The molecule has 7 heteroatoms. The third kappa shape index (κ3) is 4.96. The first kappa shape index (κ1) is 22.5. The van der Waals surface area contributed by atoms with Crippen molar-refractivity contribution in [3.63, 3.8) is 0 Å². The van der Waals surface area contributed by atoms with E-state index in [1.54, 1.807) is 44.7 Å². The molecule has 1 atom stereocenters. The predicted molar refractivity (Wildman–Crippen MR) is 115 cm³/mol. The Bertz CT molecular complexity index is 921. The van der Waals surface area contributed by atoms with Crippen molar-refractivity contribution in [1.82, 2.24) is 9.62 Å². The second kappa shape index (κ2) is 9.58. The fourth-order valence-electron chi connectivity index (χ4n) is 2.97.